The Labute approximate surface area is 66.8 Å². The average Bonchev–Trinajstić information content (AvgIpc) is 2.39. The van der Waals surface area contributed by atoms with Crippen LogP contribution in [0.3, 0.4) is 0 Å². The molecule has 0 fully saturated rings. The van der Waals surface area contributed by atoms with E-state index in [0.717, 1.165) is 19.5 Å². The Kier molecular flexibility index (Phi) is 3.04. The van der Waals surface area contributed by atoms with Gasteiger partial charge in [-0.3, -0.25) is 0 Å². The Bertz CT molecular complexity index is 180. The summed E-state index contributed by atoms with van der Waals surface area (Å²) in [5.74, 6) is 0. The molecule has 1 N–H and O–H groups in total. The summed E-state index contributed by atoms with van der Waals surface area (Å²) < 4.78 is 1.98. The van der Waals surface area contributed by atoms with Gasteiger partial charge in [0.1, 0.15) is 6.54 Å². The molecule has 0 aliphatic rings. The fourth-order valence-electron chi connectivity index (χ4n) is 0.936. The molecule has 0 aliphatic carbocycles. The summed E-state index contributed by atoms with van der Waals surface area (Å²) in [6, 6.07) is 0. The van der Waals surface area contributed by atoms with Gasteiger partial charge in [0.15, 0.2) is 6.20 Å². The zero-order chi connectivity index (χ0) is 8.10. The van der Waals surface area contributed by atoms with Crippen molar-refractivity contribution in [1.29, 1.82) is 0 Å². The Morgan fingerprint density at radius 3 is 2.91 bits per heavy atom. The Morgan fingerprint density at radius 1 is 1.55 bits per heavy atom. The first kappa shape index (κ1) is 8.20. The standard InChI is InChI=1S/C7H14N4/c1-10(2)5-3-6-11-7-4-8-9-11/h4,7H,3,5-6H2,1-2H3/p+1. The first-order valence-electron chi connectivity index (χ1n) is 3.82. The van der Waals surface area contributed by atoms with Gasteiger partial charge in [-0.25, -0.2) is 0 Å². The van der Waals surface area contributed by atoms with Gasteiger partial charge in [0, 0.05) is 11.6 Å². The first-order chi connectivity index (χ1) is 5.29. The Morgan fingerprint density at radius 2 is 2.36 bits per heavy atom. The van der Waals surface area contributed by atoms with Crippen molar-refractivity contribution in [3.05, 3.63) is 12.4 Å². The van der Waals surface area contributed by atoms with Crippen molar-refractivity contribution < 1.29 is 4.68 Å². The fourth-order valence-corrected chi connectivity index (χ4v) is 0.936. The maximum absolute atomic E-state index is 3.84. The molecule has 0 atom stereocenters. The van der Waals surface area contributed by atoms with Crippen LogP contribution in [0.15, 0.2) is 12.4 Å². The van der Waals surface area contributed by atoms with Gasteiger partial charge < -0.3 is 4.90 Å². The summed E-state index contributed by atoms with van der Waals surface area (Å²) in [5, 5.41) is 6.70. The molecule has 0 amide bonds. The lowest BCUT2D eigenvalue weighted by Gasteiger charge is -2.06. The van der Waals surface area contributed by atoms with E-state index in [9.17, 15) is 0 Å². The zero-order valence-electron chi connectivity index (χ0n) is 7.12. The zero-order valence-corrected chi connectivity index (χ0v) is 7.12. The molecule has 11 heavy (non-hydrogen) atoms. The number of nitrogens with zero attached hydrogens (tertiary/aromatic N) is 3. The van der Waals surface area contributed by atoms with Crippen molar-refractivity contribution >= 4 is 0 Å². The van der Waals surface area contributed by atoms with Gasteiger partial charge in [-0.2, -0.15) is 4.68 Å². The van der Waals surface area contributed by atoms with E-state index in [-0.39, 0.29) is 0 Å². The molecule has 0 spiro atoms. The number of aryl methyl sites for hydroxylation is 1. The summed E-state index contributed by atoms with van der Waals surface area (Å²) in [4.78, 5) is 2.18. The maximum atomic E-state index is 3.84. The average molecular weight is 155 g/mol. The van der Waals surface area contributed by atoms with Crippen LogP contribution in [-0.2, 0) is 6.54 Å². The van der Waals surface area contributed by atoms with Crippen LogP contribution in [0.5, 0.6) is 0 Å². The van der Waals surface area contributed by atoms with Crippen LogP contribution in [0, 0.1) is 0 Å². The maximum Gasteiger partial charge on any atom is 0.206 e. The van der Waals surface area contributed by atoms with Gasteiger partial charge in [0.05, 0.1) is 0 Å². The monoisotopic (exact) mass is 155 g/mol. The SMILES string of the molecule is CN(C)CCC[n+]1ccn[nH]1. The number of nitrogens with one attached hydrogen (secondary N) is 1. The van der Waals surface area contributed by atoms with E-state index in [1.165, 1.54) is 0 Å². The Balaban J connectivity index is 2.14. The van der Waals surface area contributed by atoms with Gasteiger partial charge >= 0.3 is 0 Å². The van der Waals surface area contributed by atoms with Gasteiger partial charge in [-0.05, 0) is 20.5 Å². The van der Waals surface area contributed by atoms with Crippen molar-refractivity contribution in [2.24, 2.45) is 0 Å². The molecule has 0 bridgehead atoms. The summed E-state index contributed by atoms with van der Waals surface area (Å²) in [6.07, 6.45) is 4.85. The summed E-state index contributed by atoms with van der Waals surface area (Å²) in [7, 11) is 4.16. The quantitative estimate of drug-likeness (QED) is 0.603. The molecular formula is C7H15N4+. The third kappa shape index (κ3) is 3.13. The van der Waals surface area contributed by atoms with Crippen LogP contribution in [0.25, 0.3) is 0 Å². The molecule has 0 saturated carbocycles. The summed E-state index contributed by atoms with van der Waals surface area (Å²) in [6.45, 7) is 2.13. The van der Waals surface area contributed by atoms with Gasteiger partial charge in [-0.15, -0.1) is 0 Å². The smallest absolute Gasteiger partial charge is 0.206 e. The molecule has 62 valence electrons. The second kappa shape index (κ2) is 4.08. The molecular weight excluding hydrogens is 140 g/mol. The minimum Gasteiger partial charge on any atom is -0.309 e. The van der Waals surface area contributed by atoms with E-state index in [2.05, 4.69) is 29.3 Å². The van der Waals surface area contributed by atoms with E-state index in [1.54, 1.807) is 6.20 Å². The predicted molar refractivity (Wildman–Crippen MR) is 42.0 cm³/mol. The minimum absolute atomic E-state index is 1.01. The van der Waals surface area contributed by atoms with Crippen LogP contribution in [0.4, 0.5) is 0 Å². The largest absolute Gasteiger partial charge is 0.309 e. The van der Waals surface area contributed by atoms with Gasteiger partial charge in [-0.1, -0.05) is 5.21 Å². The highest BCUT2D eigenvalue weighted by atomic mass is 15.4. The highest BCUT2D eigenvalue weighted by molar-refractivity contribution is 4.48. The van der Waals surface area contributed by atoms with Crippen LogP contribution in [-0.4, -0.2) is 35.9 Å². The number of hydrogen-bond acceptors (Lipinski definition) is 2. The lowest BCUT2D eigenvalue weighted by molar-refractivity contribution is -0.753. The molecule has 4 heteroatoms. The van der Waals surface area contributed by atoms with Crippen LogP contribution in [0.2, 0.25) is 0 Å². The number of hydrogen-bond donors (Lipinski definition) is 1. The number of rotatable bonds is 4. The normalized spacial score (nSPS) is 10.8. The van der Waals surface area contributed by atoms with Gasteiger partial charge in [0.25, 0.3) is 0 Å². The lowest BCUT2D eigenvalue weighted by atomic mass is 10.4. The molecule has 1 heterocycles. The molecule has 0 aromatic carbocycles. The second-order valence-electron chi connectivity index (χ2n) is 2.88. The highest BCUT2D eigenvalue weighted by Gasteiger charge is 1.97. The summed E-state index contributed by atoms with van der Waals surface area (Å²) in [5.41, 5.74) is 0. The lowest BCUT2D eigenvalue weighted by Crippen LogP contribution is -2.36. The molecule has 0 saturated heterocycles. The number of aromatic amines is 1. The van der Waals surface area contributed by atoms with E-state index in [4.69, 9.17) is 0 Å². The summed E-state index contributed by atoms with van der Waals surface area (Å²) >= 11 is 0. The predicted octanol–water partition coefficient (Wildman–Crippen LogP) is -0.351. The van der Waals surface area contributed by atoms with E-state index >= 15 is 0 Å². The Hall–Kier alpha value is -0.900. The van der Waals surface area contributed by atoms with E-state index in [0.29, 0.717) is 0 Å². The molecule has 0 unspecified atom stereocenters. The van der Waals surface area contributed by atoms with Crippen molar-refractivity contribution in [3.63, 3.8) is 0 Å². The first-order valence-corrected chi connectivity index (χ1v) is 3.82. The van der Waals surface area contributed by atoms with Crippen LogP contribution in [0.1, 0.15) is 6.42 Å². The highest BCUT2D eigenvalue weighted by Crippen LogP contribution is 1.81. The second-order valence-corrected chi connectivity index (χ2v) is 2.88. The molecule has 0 radical (unpaired) electrons. The fraction of sp³-hybridized carbons (Fsp3) is 0.714. The number of aromatic nitrogens is 3. The third-order valence-electron chi connectivity index (χ3n) is 1.51. The molecule has 1 aromatic heterocycles. The molecule has 1 rings (SSSR count). The van der Waals surface area contributed by atoms with Crippen molar-refractivity contribution in [1.82, 2.24) is 15.2 Å². The minimum atomic E-state index is 1.01. The molecule has 4 nitrogen and oxygen atoms in total. The third-order valence-corrected chi connectivity index (χ3v) is 1.51. The van der Waals surface area contributed by atoms with Crippen molar-refractivity contribution in [2.75, 3.05) is 20.6 Å². The van der Waals surface area contributed by atoms with Crippen LogP contribution >= 0.6 is 0 Å². The number of H-pyrrole nitrogens is 1. The van der Waals surface area contributed by atoms with Crippen molar-refractivity contribution in [2.45, 2.75) is 13.0 Å². The molecule has 0 aliphatic heterocycles. The van der Waals surface area contributed by atoms with E-state index < -0.39 is 0 Å². The van der Waals surface area contributed by atoms with E-state index in [1.807, 2.05) is 10.9 Å². The van der Waals surface area contributed by atoms with Gasteiger partial charge in [0.2, 0.25) is 6.20 Å². The van der Waals surface area contributed by atoms with Crippen LogP contribution < -0.4 is 4.68 Å². The molecule has 1 aromatic rings. The van der Waals surface area contributed by atoms with Crippen molar-refractivity contribution in [3.8, 4) is 0 Å². The topological polar surface area (TPSA) is 35.8 Å².